The van der Waals surface area contributed by atoms with Gasteiger partial charge in [-0.05, 0) is 42.0 Å². The highest BCUT2D eigenvalue weighted by molar-refractivity contribution is 6.30. The molecule has 6 nitrogen and oxygen atoms in total. The Morgan fingerprint density at radius 1 is 1.08 bits per heavy atom. The first kappa shape index (κ1) is 16.0. The molecule has 2 aromatic carbocycles. The molecule has 0 radical (unpaired) electrons. The molecule has 1 saturated heterocycles. The number of anilines is 2. The maximum absolute atomic E-state index is 12.5. The fraction of sp³-hybridized carbons (Fsp3) is 0.118. The molecule has 1 fully saturated rings. The van der Waals surface area contributed by atoms with Crippen LogP contribution in [0.15, 0.2) is 48.5 Å². The van der Waals surface area contributed by atoms with Crippen molar-refractivity contribution >= 4 is 40.8 Å². The van der Waals surface area contributed by atoms with E-state index in [4.69, 9.17) is 11.6 Å². The predicted molar refractivity (Wildman–Crippen MR) is 86.7 cm³/mol. The van der Waals surface area contributed by atoms with Crippen molar-refractivity contribution in [2.45, 2.75) is 12.5 Å². The van der Waals surface area contributed by atoms with Gasteiger partial charge in [0.15, 0.2) is 0 Å². The summed E-state index contributed by atoms with van der Waals surface area (Å²) in [5.41, 5.74) is 1.05. The van der Waals surface area contributed by atoms with Crippen LogP contribution in [-0.2, 0) is 9.59 Å². The van der Waals surface area contributed by atoms with Crippen molar-refractivity contribution in [1.29, 1.82) is 0 Å². The number of halogens is 1. The largest absolute Gasteiger partial charge is 0.545 e. The smallest absolute Gasteiger partial charge is 0.256 e. The summed E-state index contributed by atoms with van der Waals surface area (Å²) in [5, 5.41) is 14.2. The van der Waals surface area contributed by atoms with Crippen LogP contribution in [0.1, 0.15) is 16.8 Å². The molecule has 1 aliphatic heterocycles. The van der Waals surface area contributed by atoms with Crippen LogP contribution in [0, 0.1) is 0 Å². The normalized spacial score (nSPS) is 17.2. The zero-order chi connectivity index (χ0) is 17.3. The summed E-state index contributed by atoms with van der Waals surface area (Å²) in [6.45, 7) is 0. The topological polar surface area (TPSA) is 89.5 Å². The second-order valence-corrected chi connectivity index (χ2v) is 5.75. The summed E-state index contributed by atoms with van der Waals surface area (Å²) in [7, 11) is 0. The van der Waals surface area contributed by atoms with E-state index < -0.39 is 12.0 Å². The van der Waals surface area contributed by atoms with E-state index >= 15 is 0 Å². The van der Waals surface area contributed by atoms with Crippen LogP contribution in [0.2, 0.25) is 5.02 Å². The summed E-state index contributed by atoms with van der Waals surface area (Å²) in [5.74, 6) is -1.96. The van der Waals surface area contributed by atoms with Gasteiger partial charge < -0.3 is 15.2 Å². The first-order chi connectivity index (χ1) is 11.5. The molecule has 0 spiro atoms. The number of aromatic carboxylic acids is 1. The lowest BCUT2D eigenvalue weighted by atomic mass is 10.2. The number of imide groups is 1. The molecule has 122 valence electrons. The monoisotopic (exact) mass is 343 g/mol. The minimum atomic E-state index is -1.28. The first-order valence-electron chi connectivity index (χ1n) is 7.16. The molecular weight excluding hydrogens is 332 g/mol. The molecule has 1 atom stereocenters. The summed E-state index contributed by atoms with van der Waals surface area (Å²) in [4.78, 5) is 36.5. The zero-order valence-electron chi connectivity index (χ0n) is 12.4. The molecule has 1 heterocycles. The molecule has 0 unspecified atom stereocenters. The Labute approximate surface area is 142 Å². The highest BCUT2D eigenvalue weighted by Gasteiger charge is 2.39. The summed E-state index contributed by atoms with van der Waals surface area (Å²) < 4.78 is 0. The first-order valence-corrected chi connectivity index (χ1v) is 7.54. The maximum atomic E-state index is 12.5. The van der Waals surface area contributed by atoms with Gasteiger partial charge in [0.25, 0.3) is 5.91 Å². The Morgan fingerprint density at radius 2 is 1.71 bits per heavy atom. The van der Waals surface area contributed by atoms with E-state index in [2.05, 4.69) is 5.32 Å². The van der Waals surface area contributed by atoms with Crippen LogP contribution in [-0.4, -0.2) is 23.8 Å². The molecule has 3 rings (SSSR count). The van der Waals surface area contributed by atoms with Crippen LogP contribution < -0.4 is 15.3 Å². The summed E-state index contributed by atoms with van der Waals surface area (Å²) >= 11 is 5.82. The van der Waals surface area contributed by atoms with Crippen LogP contribution in [0.3, 0.4) is 0 Å². The second-order valence-electron chi connectivity index (χ2n) is 5.31. The van der Waals surface area contributed by atoms with Gasteiger partial charge in [0.1, 0.15) is 6.04 Å². The fourth-order valence-electron chi connectivity index (χ4n) is 2.51. The van der Waals surface area contributed by atoms with Crippen LogP contribution in [0.25, 0.3) is 0 Å². The zero-order valence-corrected chi connectivity index (χ0v) is 13.1. The number of hydrogen-bond acceptors (Lipinski definition) is 5. The lowest BCUT2D eigenvalue weighted by Crippen LogP contribution is -2.34. The fourth-order valence-corrected chi connectivity index (χ4v) is 2.64. The molecule has 0 saturated carbocycles. The predicted octanol–water partition coefficient (Wildman–Crippen LogP) is 1.45. The van der Waals surface area contributed by atoms with E-state index in [9.17, 15) is 19.5 Å². The van der Waals surface area contributed by atoms with E-state index in [1.807, 2.05) is 0 Å². The Bertz CT molecular complexity index is 802. The van der Waals surface area contributed by atoms with E-state index in [1.165, 1.54) is 24.3 Å². The Morgan fingerprint density at radius 3 is 2.29 bits per heavy atom. The molecule has 1 N–H and O–H groups in total. The number of amides is 2. The van der Waals surface area contributed by atoms with Gasteiger partial charge >= 0.3 is 0 Å². The van der Waals surface area contributed by atoms with E-state index in [0.29, 0.717) is 16.4 Å². The lowest BCUT2D eigenvalue weighted by Gasteiger charge is -2.16. The average Bonchev–Trinajstić information content (AvgIpc) is 2.83. The number of carbonyl (C=O) groups excluding carboxylic acids is 3. The van der Waals surface area contributed by atoms with Crippen molar-refractivity contribution < 1.29 is 19.5 Å². The molecule has 1 aliphatic rings. The third-order valence-corrected chi connectivity index (χ3v) is 3.94. The second kappa shape index (κ2) is 6.33. The summed E-state index contributed by atoms with van der Waals surface area (Å²) in [6.07, 6.45) is 0.0176. The van der Waals surface area contributed by atoms with Crippen LogP contribution in [0.5, 0.6) is 0 Å². The standard InChI is InChI=1S/C17H13ClN2O4/c18-11-3-7-13(8-4-11)20-15(21)9-14(16(20)22)19-12-5-1-10(2-6-12)17(23)24/h1-8,14,19H,9H2,(H,23,24)/p-1/t14-/m1/s1. The van der Waals surface area contributed by atoms with E-state index in [0.717, 1.165) is 4.90 Å². The van der Waals surface area contributed by atoms with Crippen molar-refractivity contribution in [2.24, 2.45) is 0 Å². The SMILES string of the molecule is O=C([O-])c1ccc(N[C@@H]2CC(=O)N(c3ccc(Cl)cc3)C2=O)cc1. The molecule has 0 aliphatic carbocycles. The lowest BCUT2D eigenvalue weighted by molar-refractivity contribution is -0.255. The van der Waals surface area contributed by atoms with Crippen LogP contribution >= 0.6 is 11.6 Å². The van der Waals surface area contributed by atoms with E-state index in [1.54, 1.807) is 24.3 Å². The molecule has 24 heavy (non-hydrogen) atoms. The highest BCUT2D eigenvalue weighted by Crippen LogP contribution is 2.26. The molecule has 0 aromatic heterocycles. The summed E-state index contributed by atoms with van der Waals surface area (Å²) in [6, 6.07) is 11.5. The molecule has 2 aromatic rings. The van der Waals surface area contributed by atoms with Gasteiger partial charge in [-0.15, -0.1) is 0 Å². The number of carboxylic acid groups (broad SMARTS) is 1. The third kappa shape index (κ3) is 3.09. The third-order valence-electron chi connectivity index (χ3n) is 3.69. The Kier molecular flexibility index (Phi) is 4.22. The number of rotatable bonds is 4. The van der Waals surface area contributed by atoms with Gasteiger partial charge in [0.05, 0.1) is 18.1 Å². The number of benzene rings is 2. The number of hydrogen-bond donors (Lipinski definition) is 1. The molecule has 2 amide bonds. The van der Waals surface area contributed by atoms with Gasteiger partial charge in [-0.2, -0.15) is 0 Å². The van der Waals surface area contributed by atoms with Gasteiger partial charge in [0.2, 0.25) is 5.91 Å². The molecular formula is C17H12ClN2O4-. The Balaban J connectivity index is 1.76. The average molecular weight is 344 g/mol. The highest BCUT2D eigenvalue weighted by atomic mass is 35.5. The van der Waals surface area contributed by atoms with Gasteiger partial charge in [-0.25, -0.2) is 4.90 Å². The number of nitrogens with zero attached hydrogens (tertiary/aromatic N) is 1. The molecule has 0 bridgehead atoms. The van der Waals surface area contributed by atoms with Crippen molar-refractivity contribution in [3.8, 4) is 0 Å². The minimum absolute atomic E-state index is 0.0176. The minimum Gasteiger partial charge on any atom is -0.545 e. The van der Waals surface area contributed by atoms with Gasteiger partial charge in [-0.3, -0.25) is 9.59 Å². The van der Waals surface area contributed by atoms with Gasteiger partial charge in [0, 0.05) is 10.7 Å². The van der Waals surface area contributed by atoms with Crippen LogP contribution in [0.4, 0.5) is 11.4 Å². The van der Waals surface area contributed by atoms with Crippen molar-refractivity contribution in [3.63, 3.8) is 0 Å². The van der Waals surface area contributed by atoms with Crippen molar-refractivity contribution in [2.75, 3.05) is 10.2 Å². The Hall–Kier alpha value is -2.86. The quantitative estimate of drug-likeness (QED) is 0.849. The van der Waals surface area contributed by atoms with Crippen molar-refractivity contribution in [1.82, 2.24) is 0 Å². The maximum Gasteiger partial charge on any atom is 0.256 e. The van der Waals surface area contributed by atoms with Crippen molar-refractivity contribution in [3.05, 3.63) is 59.1 Å². The number of nitrogens with one attached hydrogen (secondary N) is 1. The van der Waals surface area contributed by atoms with E-state index in [-0.39, 0.29) is 23.8 Å². The number of carbonyl (C=O) groups is 3. The van der Waals surface area contributed by atoms with Gasteiger partial charge in [-0.1, -0.05) is 23.7 Å². The molecule has 7 heteroatoms. The number of carboxylic acids is 1.